The first kappa shape index (κ1) is 12.0. The molecule has 0 amide bonds. The summed E-state index contributed by atoms with van der Waals surface area (Å²) in [5, 5.41) is 9.43. The van der Waals surface area contributed by atoms with E-state index in [0.29, 0.717) is 0 Å². The molecule has 0 atom stereocenters. The summed E-state index contributed by atoms with van der Waals surface area (Å²) < 4.78 is 9.22. The summed E-state index contributed by atoms with van der Waals surface area (Å²) >= 11 is 0. The van der Waals surface area contributed by atoms with Crippen molar-refractivity contribution in [3.05, 3.63) is 29.3 Å². The van der Waals surface area contributed by atoms with Crippen LogP contribution in [0.4, 0.5) is 0 Å². The molecule has 0 aromatic heterocycles. The summed E-state index contributed by atoms with van der Waals surface area (Å²) in [7, 11) is 1.24. The van der Waals surface area contributed by atoms with E-state index in [0.717, 1.165) is 0 Å². The molecule has 0 radical (unpaired) electrons. The predicted molar refractivity (Wildman–Crippen MR) is 55.4 cm³/mol. The summed E-state index contributed by atoms with van der Waals surface area (Å²) in [5.41, 5.74) is 0.133. The minimum absolute atomic E-state index is 0.0512. The number of hydrogen-bond donors (Lipinski definition) is 1. The number of benzene rings is 1. The molecule has 1 aromatic rings. The van der Waals surface area contributed by atoms with E-state index < -0.39 is 11.9 Å². The van der Waals surface area contributed by atoms with Gasteiger partial charge in [-0.3, -0.25) is 0 Å². The van der Waals surface area contributed by atoms with Crippen molar-refractivity contribution in [3.63, 3.8) is 0 Å². The van der Waals surface area contributed by atoms with Gasteiger partial charge in [-0.1, -0.05) is 0 Å². The van der Waals surface area contributed by atoms with Crippen LogP contribution in [0.1, 0.15) is 27.6 Å². The van der Waals surface area contributed by atoms with Gasteiger partial charge in [0, 0.05) is 0 Å². The molecule has 5 heteroatoms. The van der Waals surface area contributed by atoms with Gasteiger partial charge in [-0.25, -0.2) is 9.59 Å². The number of phenols is 1. The molecule has 0 unspecified atom stereocenters. The van der Waals surface area contributed by atoms with Crippen LogP contribution in [0.3, 0.4) is 0 Å². The molecule has 1 aromatic carbocycles. The second-order valence-corrected chi connectivity index (χ2v) is 2.94. The Bertz CT molecular complexity index is 411. The van der Waals surface area contributed by atoms with Crippen LogP contribution in [0.5, 0.6) is 5.75 Å². The highest BCUT2D eigenvalue weighted by Gasteiger charge is 2.15. The van der Waals surface area contributed by atoms with Gasteiger partial charge >= 0.3 is 11.9 Å². The van der Waals surface area contributed by atoms with Gasteiger partial charge in [0.25, 0.3) is 0 Å². The highest BCUT2D eigenvalue weighted by Crippen LogP contribution is 2.19. The van der Waals surface area contributed by atoms with Gasteiger partial charge in [-0.2, -0.15) is 0 Å². The van der Waals surface area contributed by atoms with Crippen molar-refractivity contribution in [2.45, 2.75) is 6.92 Å². The summed E-state index contributed by atoms with van der Waals surface area (Å²) in [5.74, 6) is -1.48. The molecule has 0 fully saturated rings. The van der Waals surface area contributed by atoms with Crippen LogP contribution in [-0.2, 0) is 9.47 Å². The molecule has 16 heavy (non-hydrogen) atoms. The van der Waals surface area contributed by atoms with Gasteiger partial charge in [0.2, 0.25) is 0 Å². The third kappa shape index (κ3) is 2.50. The Labute approximate surface area is 92.6 Å². The molecule has 0 aliphatic carbocycles. The second kappa shape index (κ2) is 5.16. The quantitative estimate of drug-likeness (QED) is 0.784. The van der Waals surface area contributed by atoms with E-state index in [2.05, 4.69) is 4.74 Å². The van der Waals surface area contributed by atoms with Crippen molar-refractivity contribution < 1.29 is 24.2 Å². The van der Waals surface area contributed by atoms with E-state index in [1.54, 1.807) is 6.92 Å². The Kier molecular flexibility index (Phi) is 3.88. The zero-order chi connectivity index (χ0) is 12.1. The normalized spacial score (nSPS) is 9.62. The van der Waals surface area contributed by atoms with Crippen LogP contribution in [0.2, 0.25) is 0 Å². The molecule has 0 aliphatic rings. The zero-order valence-corrected chi connectivity index (χ0v) is 9.02. The van der Waals surface area contributed by atoms with Crippen molar-refractivity contribution in [1.29, 1.82) is 0 Å². The van der Waals surface area contributed by atoms with E-state index in [1.165, 1.54) is 25.3 Å². The van der Waals surface area contributed by atoms with Crippen LogP contribution in [0.25, 0.3) is 0 Å². The van der Waals surface area contributed by atoms with Crippen molar-refractivity contribution in [1.82, 2.24) is 0 Å². The first-order chi connectivity index (χ1) is 7.60. The number of ether oxygens (including phenoxy) is 2. The van der Waals surface area contributed by atoms with Crippen LogP contribution in [0, 0.1) is 0 Å². The lowest BCUT2D eigenvalue weighted by molar-refractivity contribution is 0.0523. The molecule has 0 aliphatic heterocycles. The van der Waals surface area contributed by atoms with E-state index >= 15 is 0 Å². The third-order valence-corrected chi connectivity index (χ3v) is 1.91. The largest absolute Gasteiger partial charge is 0.507 e. The molecule has 0 saturated heterocycles. The maximum atomic E-state index is 11.4. The summed E-state index contributed by atoms with van der Waals surface area (Å²) in [6.07, 6.45) is 0. The Hall–Kier alpha value is -2.04. The lowest BCUT2D eigenvalue weighted by Gasteiger charge is -2.06. The first-order valence-corrected chi connectivity index (χ1v) is 4.68. The molecular formula is C11H12O5. The minimum Gasteiger partial charge on any atom is -0.507 e. The fourth-order valence-electron chi connectivity index (χ4n) is 1.15. The highest BCUT2D eigenvalue weighted by molar-refractivity contribution is 5.97. The summed E-state index contributed by atoms with van der Waals surface area (Å²) in [6.45, 7) is 1.85. The van der Waals surface area contributed by atoms with Gasteiger partial charge in [0.1, 0.15) is 11.3 Å². The molecule has 0 saturated carbocycles. The fraction of sp³-hybridized carbons (Fsp3) is 0.273. The lowest BCUT2D eigenvalue weighted by atomic mass is 10.1. The maximum Gasteiger partial charge on any atom is 0.341 e. The molecule has 0 spiro atoms. The van der Waals surface area contributed by atoms with E-state index in [9.17, 15) is 14.7 Å². The Balaban J connectivity index is 3.08. The molecular weight excluding hydrogens is 212 g/mol. The van der Waals surface area contributed by atoms with Gasteiger partial charge in [0.05, 0.1) is 19.3 Å². The second-order valence-electron chi connectivity index (χ2n) is 2.94. The summed E-state index contributed by atoms with van der Waals surface area (Å²) in [6, 6.07) is 3.85. The molecule has 1 rings (SSSR count). The average Bonchev–Trinajstić information content (AvgIpc) is 2.29. The van der Waals surface area contributed by atoms with Crippen LogP contribution in [-0.4, -0.2) is 30.8 Å². The molecule has 86 valence electrons. The number of carbonyl (C=O) groups excluding carboxylic acids is 2. The summed E-state index contributed by atoms with van der Waals surface area (Å²) in [4.78, 5) is 22.6. The molecule has 0 bridgehead atoms. The number of aromatic hydroxyl groups is 1. The Morgan fingerprint density at radius 3 is 2.56 bits per heavy atom. The van der Waals surface area contributed by atoms with E-state index in [-0.39, 0.29) is 23.5 Å². The van der Waals surface area contributed by atoms with Gasteiger partial charge < -0.3 is 14.6 Å². The average molecular weight is 224 g/mol. The zero-order valence-electron chi connectivity index (χ0n) is 9.02. The topological polar surface area (TPSA) is 72.8 Å². The predicted octanol–water partition coefficient (Wildman–Crippen LogP) is 1.36. The Morgan fingerprint density at radius 1 is 1.31 bits per heavy atom. The van der Waals surface area contributed by atoms with Crippen LogP contribution < -0.4 is 0 Å². The Morgan fingerprint density at radius 2 is 2.00 bits per heavy atom. The van der Waals surface area contributed by atoms with E-state index in [1.807, 2.05) is 0 Å². The van der Waals surface area contributed by atoms with E-state index in [4.69, 9.17) is 4.74 Å². The number of esters is 2. The third-order valence-electron chi connectivity index (χ3n) is 1.91. The monoisotopic (exact) mass is 224 g/mol. The van der Waals surface area contributed by atoms with Crippen LogP contribution >= 0.6 is 0 Å². The molecule has 0 heterocycles. The standard InChI is InChI=1S/C11H12O5/c1-3-16-11(14)8-6-7(10(13)15-2)4-5-9(8)12/h4-6,12H,3H2,1-2H3. The molecule has 1 N–H and O–H groups in total. The number of carbonyl (C=O) groups is 2. The number of phenolic OH excluding ortho intramolecular Hbond substituents is 1. The highest BCUT2D eigenvalue weighted by atomic mass is 16.5. The van der Waals surface area contributed by atoms with Gasteiger partial charge in [0.15, 0.2) is 0 Å². The first-order valence-electron chi connectivity index (χ1n) is 4.68. The van der Waals surface area contributed by atoms with Crippen molar-refractivity contribution in [3.8, 4) is 5.75 Å². The number of hydrogen-bond acceptors (Lipinski definition) is 5. The SMILES string of the molecule is CCOC(=O)c1cc(C(=O)OC)ccc1O. The van der Waals surface area contributed by atoms with Crippen LogP contribution in [0.15, 0.2) is 18.2 Å². The minimum atomic E-state index is -0.675. The fourth-order valence-corrected chi connectivity index (χ4v) is 1.15. The maximum absolute atomic E-state index is 11.4. The van der Waals surface area contributed by atoms with Crippen molar-refractivity contribution >= 4 is 11.9 Å². The van der Waals surface area contributed by atoms with Crippen molar-refractivity contribution in [2.24, 2.45) is 0 Å². The lowest BCUT2D eigenvalue weighted by Crippen LogP contribution is -2.08. The van der Waals surface area contributed by atoms with Gasteiger partial charge in [-0.05, 0) is 25.1 Å². The number of rotatable bonds is 3. The molecule has 5 nitrogen and oxygen atoms in total. The van der Waals surface area contributed by atoms with Gasteiger partial charge in [-0.15, -0.1) is 0 Å². The van der Waals surface area contributed by atoms with Crippen molar-refractivity contribution in [2.75, 3.05) is 13.7 Å². The number of methoxy groups -OCH3 is 1. The smallest absolute Gasteiger partial charge is 0.341 e.